The number of anilines is 1. The molecule has 0 aliphatic heterocycles. The van der Waals surface area contributed by atoms with E-state index in [-0.39, 0.29) is 10.6 Å². The van der Waals surface area contributed by atoms with Gasteiger partial charge < -0.3 is 5.32 Å². The Bertz CT molecular complexity index is 1120. The van der Waals surface area contributed by atoms with Gasteiger partial charge in [0.05, 0.1) is 10.6 Å². The number of hydrogen-bond acceptors (Lipinski definition) is 4. The van der Waals surface area contributed by atoms with E-state index < -0.39 is 11.7 Å². The molecule has 1 amide bonds. The van der Waals surface area contributed by atoms with E-state index in [0.717, 1.165) is 26.5 Å². The molecule has 1 N–H and O–H groups in total. The lowest BCUT2D eigenvalue weighted by molar-refractivity contribution is 0.102. The van der Waals surface area contributed by atoms with Crippen LogP contribution in [0.25, 0.3) is 20.9 Å². The molecule has 0 saturated carbocycles. The van der Waals surface area contributed by atoms with Crippen molar-refractivity contribution in [3.63, 3.8) is 0 Å². The number of benzene rings is 2. The van der Waals surface area contributed by atoms with Gasteiger partial charge in [-0.15, -0.1) is 0 Å². The first-order chi connectivity index (χ1) is 13.0. The van der Waals surface area contributed by atoms with E-state index in [1.807, 2.05) is 31.2 Å². The summed E-state index contributed by atoms with van der Waals surface area (Å²) < 4.78 is 13.9. The summed E-state index contributed by atoms with van der Waals surface area (Å²) in [6.07, 6.45) is 1.74. The maximum absolute atomic E-state index is 13.9. The molecule has 2 heterocycles. The molecule has 4 rings (SSSR count). The molecule has 2 aromatic heterocycles. The number of pyridine rings is 1. The van der Waals surface area contributed by atoms with Gasteiger partial charge in [0, 0.05) is 17.4 Å². The Morgan fingerprint density at radius 1 is 1.19 bits per heavy atom. The van der Waals surface area contributed by atoms with Gasteiger partial charge in [-0.1, -0.05) is 29.0 Å². The number of thiazole rings is 1. The standard InChI is InChI=1S/C20H13ClFN3OS/c1-11-10-12(19-25-16-6-3-9-23-20(16)27-19)7-8-15(11)24-18(26)17-13(21)4-2-5-14(17)22/h2-10H,1H3,(H,24,26). The molecule has 0 bridgehead atoms. The van der Waals surface area contributed by atoms with Crippen molar-refractivity contribution >= 4 is 44.9 Å². The van der Waals surface area contributed by atoms with Crippen molar-refractivity contribution in [2.75, 3.05) is 5.32 Å². The fraction of sp³-hybridized carbons (Fsp3) is 0.0500. The number of amides is 1. The lowest BCUT2D eigenvalue weighted by atomic mass is 10.1. The molecular weight excluding hydrogens is 385 g/mol. The summed E-state index contributed by atoms with van der Waals surface area (Å²) in [6, 6.07) is 13.5. The molecule has 0 radical (unpaired) electrons. The fourth-order valence-electron chi connectivity index (χ4n) is 2.73. The van der Waals surface area contributed by atoms with Crippen molar-refractivity contribution in [1.82, 2.24) is 9.97 Å². The minimum Gasteiger partial charge on any atom is -0.322 e. The molecule has 0 fully saturated rings. The van der Waals surface area contributed by atoms with Crippen molar-refractivity contribution in [3.05, 3.63) is 76.7 Å². The maximum Gasteiger partial charge on any atom is 0.260 e. The van der Waals surface area contributed by atoms with Crippen molar-refractivity contribution in [2.24, 2.45) is 0 Å². The molecule has 0 unspecified atom stereocenters. The van der Waals surface area contributed by atoms with Crippen LogP contribution >= 0.6 is 22.9 Å². The van der Waals surface area contributed by atoms with Gasteiger partial charge in [-0.3, -0.25) is 4.79 Å². The van der Waals surface area contributed by atoms with Crippen LogP contribution in [0.4, 0.5) is 10.1 Å². The van der Waals surface area contributed by atoms with Crippen molar-refractivity contribution < 1.29 is 9.18 Å². The van der Waals surface area contributed by atoms with Crippen LogP contribution in [-0.4, -0.2) is 15.9 Å². The minimum absolute atomic E-state index is 0.0729. The third kappa shape index (κ3) is 3.41. The topological polar surface area (TPSA) is 54.9 Å². The van der Waals surface area contributed by atoms with E-state index in [1.54, 1.807) is 12.3 Å². The number of fused-ring (bicyclic) bond motifs is 1. The highest BCUT2D eigenvalue weighted by Gasteiger charge is 2.17. The molecule has 0 spiro atoms. The normalized spacial score (nSPS) is 10.9. The second-order valence-electron chi connectivity index (χ2n) is 5.93. The van der Waals surface area contributed by atoms with Crippen LogP contribution in [0.5, 0.6) is 0 Å². The summed E-state index contributed by atoms with van der Waals surface area (Å²) in [5.41, 5.74) is 3.03. The molecule has 0 aliphatic carbocycles. The quantitative estimate of drug-likeness (QED) is 0.481. The lowest BCUT2D eigenvalue weighted by Crippen LogP contribution is -2.15. The summed E-state index contributed by atoms with van der Waals surface area (Å²) >= 11 is 7.46. The molecule has 134 valence electrons. The van der Waals surface area contributed by atoms with Crippen LogP contribution in [-0.2, 0) is 0 Å². The predicted octanol–water partition coefficient (Wildman–Crippen LogP) is 5.71. The smallest absolute Gasteiger partial charge is 0.260 e. The number of nitrogens with zero attached hydrogens (tertiary/aromatic N) is 2. The average Bonchev–Trinajstić information content (AvgIpc) is 3.07. The molecular formula is C20H13ClFN3OS. The monoisotopic (exact) mass is 397 g/mol. The van der Waals surface area contributed by atoms with Crippen molar-refractivity contribution in [3.8, 4) is 10.6 Å². The number of carbonyl (C=O) groups is 1. The van der Waals surface area contributed by atoms with Crippen molar-refractivity contribution in [2.45, 2.75) is 6.92 Å². The first kappa shape index (κ1) is 17.6. The highest BCUT2D eigenvalue weighted by Crippen LogP contribution is 2.31. The zero-order valence-corrected chi connectivity index (χ0v) is 15.7. The first-order valence-electron chi connectivity index (χ1n) is 8.11. The van der Waals surface area contributed by atoms with E-state index in [2.05, 4.69) is 15.3 Å². The summed E-state index contributed by atoms with van der Waals surface area (Å²) in [4.78, 5) is 22.2. The largest absolute Gasteiger partial charge is 0.322 e. The molecule has 27 heavy (non-hydrogen) atoms. The Morgan fingerprint density at radius 2 is 2.04 bits per heavy atom. The molecule has 7 heteroatoms. The Kier molecular flexibility index (Phi) is 4.59. The van der Waals surface area contributed by atoms with Crippen LogP contribution in [0.3, 0.4) is 0 Å². The van der Waals surface area contributed by atoms with Gasteiger partial charge in [0.15, 0.2) is 0 Å². The highest BCUT2D eigenvalue weighted by atomic mass is 35.5. The third-order valence-electron chi connectivity index (χ3n) is 4.08. The number of aromatic nitrogens is 2. The van der Waals surface area contributed by atoms with Gasteiger partial charge in [-0.2, -0.15) is 0 Å². The van der Waals surface area contributed by atoms with E-state index in [1.165, 1.54) is 29.5 Å². The van der Waals surface area contributed by atoms with E-state index >= 15 is 0 Å². The summed E-state index contributed by atoms with van der Waals surface area (Å²) in [5, 5.41) is 3.64. The molecule has 2 aromatic carbocycles. The van der Waals surface area contributed by atoms with Gasteiger partial charge in [-0.05, 0) is 55.0 Å². The minimum atomic E-state index is -0.656. The van der Waals surface area contributed by atoms with Gasteiger partial charge >= 0.3 is 0 Å². The van der Waals surface area contributed by atoms with Crippen LogP contribution < -0.4 is 5.32 Å². The van der Waals surface area contributed by atoms with E-state index in [9.17, 15) is 9.18 Å². The number of hydrogen-bond donors (Lipinski definition) is 1. The number of rotatable bonds is 3. The second-order valence-corrected chi connectivity index (χ2v) is 7.31. The summed E-state index contributed by atoms with van der Waals surface area (Å²) in [5.74, 6) is -1.24. The maximum atomic E-state index is 13.9. The highest BCUT2D eigenvalue weighted by molar-refractivity contribution is 7.21. The Labute approximate surface area is 163 Å². The molecule has 0 aliphatic rings. The fourth-order valence-corrected chi connectivity index (χ4v) is 3.88. The first-order valence-corrected chi connectivity index (χ1v) is 9.30. The zero-order chi connectivity index (χ0) is 19.0. The third-order valence-corrected chi connectivity index (χ3v) is 5.42. The number of aryl methyl sites for hydroxylation is 1. The van der Waals surface area contributed by atoms with E-state index in [0.29, 0.717) is 5.69 Å². The Balaban J connectivity index is 1.63. The molecule has 4 nitrogen and oxygen atoms in total. The lowest BCUT2D eigenvalue weighted by Gasteiger charge is -2.11. The van der Waals surface area contributed by atoms with Crippen LogP contribution in [0, 0.1) is 12.7 Å². The SMILES string of the molecule is Cc1cc(-c2nc3cccnc3s2)ccc1NC(=O)c1c(F)cccc1Cl. The van der Waals surface area contributed by atoms with Gasteiger partial charge in [0.1, 0.15) is 21.2 Å². The van der Waals surface area contributed by atoms with Crippen molar-refractivity contribution in [1.29, 1.82) is 0 Å². The second kappa shape index (κ2) is 7.06. The van der Waals surface area contributed by atoms with Crippen LogP contribution in [0.1, 0.15) is 15.9 Å². The average molecular weight is 398 g/mol. The van der Waals surface area contributed by atoms with Gasteiger partial charge in [0.2, 0.25) is 0 Å². The number of nitrogens with one attached hydrogen (secondary N) is 1. The predicted molar refractivity (Wildman–Crippen MR) is 107 cm³/mol. The summed E-state index contributed by atoms with van der Waals surface area (Å²) in [7, 11) is 0. The van der Waals surface area contributed by atoms with E-state index in [4.69, 9.17) is 11.6 Å². The number of halogens is 2. The van der Waals surface area contributed by atoms with Gasteiger partial charge in [0.25, 0.3) is 5.91 Å². The molecule has 4 aromatic rings. The molecule has 0 atom stereocenters. The van der Waals surface area contributed by atoms with Gasteiger partial charge in [-0.25, -0.2) is 14.4 Å². The number of carbonyl (C=O) groups excluding carboxylic acids is 1. The molecule has 0 saturated heterocycles. The van der Waals surface area contributed by atoms with Crippen LogP contribution in [0.2, 0.25) is 5.02 Å². The zero-order valence-electron chi connectivity index (χ0n) is 14.2. The Morgan fingerprint density at radius 3 is 2.78 bits per heavy atom. The van der Waals surface area contributed by atoms with Crippen LogP contribution in [0.15, 0.2) is 54.7 Å². The summed E-state index contributed by atoms with van der Waals surface area (Å²) in [6.45, 7) is 1.87. The Hall–Kier alpha value is -2.83.